The summed E-state index contributed by atoms with van der Waals surface area (Å²) in [6, 6.07) is 6.94. The molecule has 84 valence electrons. The third kappa shape index (κ3) is 3.29. The van der Waals surface area contributed by atoms with Crippen molar-refractivity contribution in [1.82, 2.24) is 0 Å². The van der Waals surface area contributed by atoms with E-state index in [4.69, 9.17) is 10.8 Å². The van der Waals surface area contributed by atoms with Gasteiger partial charge >= 0.3 is 0 Å². The van der Waals surface area contributed by atoms with Gasteiger partial charge in [-0.15, -0.1) is 0 Å². The second-order valence-electron chi connectivity index (χ2n) is 4.21. The first-order valence-corrected chi connectivity index (χ1v) is 5.11. The number of alkyl halides is 1. The maximum atomic E-state index is 13.5. The molecule has 1 atom stereocenters. The molecule has 0 amide bonds. The molecule has 1 aromatic rings. The van der Waals surface area contributed by atoms with Crippen molar-refractivity contribution in [2.45, 2.75) is 32.0 Å². The van der Waals surface area contributed by atoms with Crippen LogP contribution in [0.4, 0.5) is 4.39 Å². The van der Waals surface area contributed by atoms with Crippen molar-refractivity contribution in [1.29, 1.82) is 0 Å². The van der Waals surface area contributed by atoms with Gasteiger partial charge < -0.3 is 10.8 Å². The van der Waals surface area contributed by atoms with Crippen molar-refractivity contribution in [2.75, 3.05) is 6.61 Å². The number of hydrogen-bond acceptors (Lipinski definition) is 2. The van der Waals surface area contributed by atoms with Crippen LogP contribution >= 0.6 is 0 Å². The summed E-state index contributed by atoms with van der Waals surface area (Å²) in [5, 5.41) is 8.74. The molecular formula is C12H18FNO. The molecule has 0 saturated carbocycles. The summed E-state index contributed by atoms with van der Waals surface area (Å²) in [5.41, 5.74) is 6.06. The number of hydrogen-bond donors (Lipinski definition) is 2. The minimum absolute atomic E-state index is 0.0670. The molecule has 0 aromatic heterocycles. The summed E-state index contributed by atoms with van der Waals surface area (Å²) in [6.45, 7) is 3.11. The zero-order valence-corrected chi connectivity index (χ0v) is 9.20. The van der Waals surface area contributed by atoms with E-state index in [1.54, 1.807) is 12.1 Å². The zero-order valence-electron chi connectivity index (χ0n) is 9.20. The Bertz CT molecular complexity index is 302. The Kier molecular flexibility index (Phi) is 3.83. The van der Waals surface area contributed by atoms with Crippen molar-refractivity contribution in [3.8, 4) is 0 Å². The minimum Gasteiger partial charge on any atom is -0.396 e. The molecule has 0 saturated heterocycles. The average Bonchev–Trinajstić information content (AvgIpc) is 2.17. The van der Waals surface area contributed by atoms with E-state index in [2.05, 4.69) is 0 Å². The monoisotopic (exact) mass is 211 g/mol. The van der Waals surface area contributed by atoms with Gasteiger partial charge in [-0.3, -0.25) is 0 Å². The number of nitrogens with two attached hydrogens (primary N) is 1. The number of benzene rings is 1. The van der Waals surface area contributed by atoms with E-state index in [1.165, 1.54) is 13.8 Å². The van der Waals surface area contributed by atoms with Gasteiger partial charge in [-0.1, -0.05) is 24.3 Å². The molecule has 2 nitrogen and oxygen atoms in total. The van der Waals surface area contributed by atoms with Gasteiger partial charge in [0.2, 0.25) is 0 Å². The third-order valence-corrected chi connectivity index (χ3v) is 2.47. The maximum Gasteiger partial charge on any atom is 0.130 e. The maximum absolute atomic E-state index is 13.5. The third-order valence-electron chi connectivity index (χ3n) is 2.47. The highest BCUT2D eigenvalue weighted by atomic mass is 19.1. The number of aliphatic hydroxyl groups excluding tert-OH is 1. The van der Waals surface area contributed by atoms with Crippen LogP contribution in [0, 0.1) is 0 Å². The van der Waals surface area contributed by atoms with Crippen molar-refractivity contribution < 1.29 is 9.50 Å². The SMILES string of the molecule is CC(C)(F)c1ccc(C(N)CCO)cc1. The summed E-state index contributed by atoms with van der Waals surface area (Å²) in [4.78, 5) is 0. The summed E-state index contributed by atoms with van der Waals surface area (Å²) in [5.74, 6) is 0. The Balaban J connectivity index is 2.81. The van der Waals surface area contributed by atoms with Crippen LogP contribution in [-0.2, 0) is 5.67 Å². The Morgan fingerprint density at radius 1 is 1.33 bits per heavy atom. The van der Waals surface area contributed by atoms with Gasteiger partial charge in [-0.2, -0.15) is 0 Å². The van der Waals surface area contributed by atoms with Crippen molar-refractivity contribution in [2.24, 2.45) is 5.73 Å². The number of rotatable bonds is 4. The molecular weight excluding hydrogens is 193 g/mol. The molecule has 0 aliphatic heterocycles. The van der Waals surface area contributed by atoms with E-state index in [1.807, 2.05) is 12.1 Å². The first-order chi connectivity index (χ1) is 6.95. The molecule has 0 heterocycles. The van der Waals surface area contributed by atoms with Gasteiger partial charge in [0.1, 0.15) is 5.67 Å². The lowest BCUT2D eigenvalue weighted by Crippen LogP contribution is -2.13. The molecule has 0 spiro atoms. The lowest BCUT2D eigenvalue weighted by Gasteiger charge is -2.16. The van der Waals surface area contributed by atoms with Crippen LogP contribution in [0.1, 0.15) is 37.4 Å². The predicted molar refractivity (Wildman–Crippen MR) is 59.2 cm³/mol. The second-order valence-corrected chi connectivity index (χ2v) is 4.21. The van der Waals surface area contributed by atoms with Crippen LogP contribution in [-0.4, -0.2) is 11.7 Å². The Hall–Kier alpha value is -0.930. The topological polar surface area (TPSA) is 46.2 Å². The summed E-state index contributed by atoms with van der Waals surface area (Å²) in [7, 11) is 0. The first kappa shape index (κ1) is 12.1. The Morgan fingerprint density at radius 3 is 2.27 bits per heavy atom. The standard InChI is InChI=1S/C12H18FNO/c1-12(2,13)10-5-3-9(4-6-10)11(14)7-8-15/h3-6,11,15H,7-8,14H2,1-2H3. The summed E-state index contributed by atoms with van der Waals surface area (Å²) in [6.07, 6.45) is 0.526. The highest BCUT2D eigenvalue weighted by Gasteiger charge is 2.18. The van der Waals surface area contributed by atoms with E-state index in [0.717, 1.165) is 5.56 Å². The van der Waals surface area contributed by atoms with Gasteiger partial charge in [0.15, 0.2) is 0 Å². The lowest BCUT2D eigenvalue weighted by molar-refractivity contribution is 0.221. The average molecular weight is 211 g/mol. The largest absolute Gasteiger partial charge is 0.396 e. The zero-order chi connectivity index (χ0) is 11.5. The smallest absolute Gasteiger partial charge is 0.130 e. The fourth-order valence-corrected chi connectivity index (χ4v) is 1.43. The van der Waals surface area contributed by atoms with Gasteiger partial charge in [-0.05, 0) is 31.4 Å². The molecule has 0 bridgehead atoms. The Labute approximate surface area is 89.9 Å². The van der Waals surface area contributed by atoms with Crippen LogP contribution in [0.15, 0.2) is 24.3 Å². The van der Waals surface area contributed by atoms with E-state index in [9.17, 15) is 4.39 Å². The Morgan fingerprint density at radius 2 is 1.87 bits per heavy atom. The second kappa shape index (κ2) is 4.73. The molecule has 0 radical (unpaired) electrons. The minimum atomic E-state index is -1.32. The van der Waals surface area contributed by atoms with Crippen molar-refractivity contribution >= 4 is 0 Å². The molecule has 0 fully saturated rings. The predicted octanol–water partition coefficient (Wildman–Crippen LogP) is 2.27. The highest BCUT2D eigenvalue weighted by Crippen LogP contribution is 2.25. The van der Waals surface area contributed by atoms with Crippen LogP contribution in [0.2, 0.25) is 0 Å². The van der Waals surface area contributed by atoms with E-state index in [-0.39, 0.29) is 12.6 Å². The van der Waals surface area contributed by atoms with Gasteiger partial charge in [0, 0.05) is 12.6 Å². The lowest BCUT2D eigenvalue weighted by atomic mass is 9.96. The van der Waals surface area contributed by atoms with Crippen molar-refractivity contribution in [3.05, 3.63) is 35.4 Å². The molecule has 1 aromatic carbocycles. The molecule has 1 unspecified atom stereocenters. The van der Waals surface area contributed by atoms with Gasteiger partial charge in [0.05, 0.1) is 0 Å². The molecule has 3 N–H and O–H groups in total. The van der Waals surface area contributed by atoms with Gasteiger partial charge in [-0.25, -0.2) is 4.39 Å². The van der Waals surface area contributed by atoms with Crippen LogP contribution < -0.4 is 5.73 Å². The molecule has 15 heavy (non-hydrogen) atoms. The number of aliphatic hydroxyl groups is 1. The molecule has 0 aliphatic carbocycles. The summed E-state index contributed by atoms with van der Waals surface area (Å²) >= 11 is 0. The summed E-state index contributed by atoms with van der Waals surface area (Å²) < 4.78 is 13.5. The first-order valence-electron chi connectivity index (χ1n) is 5.11. The number of halogens is 1. The van der Waals surface area contributed by atoms with Gasteiger partial charge in [0.25, 0.3) is 0 Å². The normalized spacial score (nSPS) is 13.9. The molecule has 3 heteroatoms. The molecule has 1 rings (SSSR count). The van der Waals surface area contributed by atoms with E-state index < -0.39 is 5.67 Å². The quantitative estimate of drug-likeness (QED) is 0.802. The fraction of sp³-hybridized carbons (Fsp3) is 0.500. The van der Waals surface area contributed by atoms with Crippen LogP contribution in [0.5, 0.6) is 0 Å². The molecule has 0 aliphatic rings. The van der Waals surface area contributed by atoms with E-state index >= 15 is 0 Å². The van der Waals surface area contributed by atoms with Crippen molar-refractivity contribution in [3.63, 3.8) is 0 Å². The van der Waals surface area contributed by atoms with Crippen LogP contribution in [0.3, 0.4) is 0 Å². The highest BCUT2D eigenvalue weighted by molar-refractivity contribution is 5.28. The van der Waals surface area contributed by atoms with E-state index in [0.29, 0.717) is 12.0 Å². The van der Waals surface area contributed by atoms with Crippen LogP contribution in [0.25, 0.3) is 0 Å². The fourth-order valence-electron chi connectivity index (χ4n) is 1.43.